The van der Waals surface area contributed by atoms with Gasteiger partial charge in [0.05, 0.1) is 11.9 Å². The van der Waals surface area contributed by atoms with Crippen molar-refractivity contribution in [2.24, 2.45) is 0 Å². The van der Waals surface area contributed by atoms with Gasteiger partial charge in [-0.1, -0.05) is 30.4 Å². The van der Waals surface area contributed by atoms with Crippen LogP contribution in [0.25, 0.3) is 0 Å². The van der Waals surface area contributed by atoms with Crippen LogP contribution in [0.4, 0.5) is 0 Å². The third-order valence-electron chi connectivity index (χ3n) is 2.42. The molecule has 1 aromatic rings. The third-order valence-corrected chi connectivity index (χ3v) is 5.62. The summed E-state index contributed by atoms with van der Waals surface area (Å²) in [4.78, 5) is 15.9. The number of unbranched alkanes of at least 4 members (excludes halogenated alkanes) is 1. The van der Waals surface area contributed by atoms with Gasteiger partial charge < -0.3 is 5.32 Å². The van der Waals surface area contributed by atoms with Crippen LogP contribution in [0.2, 0.25) is 0 Å². The first-order valence-corrected chi connectivity index (χ1v) is 8.56. The normalized spacial score (nSPS) is 11.9. The fourth-order valence-corrected chi connectivity index (χ4v) is 3.46. The molecule has 0 fully saturated rings. The maximum absolute atomic E-state index is 11.8. The zero-order valence-corrected chi connectivity index (χ0v) is 12.7. The summed E-state index contributed by atoms with van der Waals surface area (Å²) in [6.07, 6.45) is 7.08. The minimum atomic E-state index is -3.33. The summed E-state index contributed by atoms with van der Waals surface area (Å²) in [5.74, 6) is -0.277. The van der Waals surface area contributed by atoms with E-state index < -0.39 is 9.84 Å². The van der Waals surface area contributed by atoms with Crippen LogP contribution >= 0.6 is 11.3 Å². The molecular formula is C12H18N2O3S2. The lowest BCUT2D eigenvalue weighted by molar-refractivity contribution is 0.0957. The number of aromatic nitrogens is 1. The summed E-state index contributed by atoms with van der Waals surface area (Å²) < 4.78 is 23.2. The van der Waals surface area contributed by atoms with Crippen molar-refractivity contribution in [2.45, 2.75) is 31.0 Å². The topological polar surface area (TPSA) is 76.1 Å². The fraction of sp³-hybridized carbons (Fsp3) is 0.500. The van der Waals surface area contributed by atoms with E-state index in [-0.39, 0.29) is 16.0 Å². The summed E-state index contributed by atoms with van der Waals surface area (Å²) in [6.45, 7) is 4.07. The van der Waals surface area contributed by atoms with Gasteiger partial charge in [-0.15, -0.1) is 0 Å². The second-order valence-electron chi connectivity index (χ2n) is 3.86. The maximum atomic E-state index is 11.8. The van der Waals surface area contributed by atoms with Crippen molar-refractivity contribution < 1.29 is 13.2 Å². The summed E-state index contributed by atoms with van der Waals surface area (Å²) in [5, 5.41) is 2.74. The lowest BCUT2D eigenvalue weighted by Gasteiger charge is -2.00. The van der Waals surface area contributed by atoms with Crippen LogP contribution in [-0.2, 0) is 9.84 Å². The van der Waals surface area contributed by atoms with Crippen LogP contribution in [0.3, 0.4) is 0 Å². The van der Waals surface area contributed by atoms with Gasteiger partial charge in [0.15, 0.2) is 0 Å². The van der Waals surface area contributed by atoms with E-state index in [1.165, 1.54) is 6.20 Å². The Bertz CT molecular complexity index is 547. The molecule has 0 aliphatic rings. The van der Waals surface area contributed by atoms with Gasteiger partial charge in [-0.05, 0) is 19.8 Å². The van der Waals surface area contributed by atoms with E-state index in [0.717, 1.165) is 24.2 Å². The summed E-state index contributed by atoms with van der Waals surface area (Å²) >= 11 is 0.916. The average Bonchev–Trinajstić information content (AvgIpc) is 2.88. The van der Waals surface area contributed by atoms with Crippen molar-refractivity contribution in [3.8, 4) is 0 Å². The van der Waals surface area contributed by atoms with Crippen LogP contribution in [0.5, 0.6) is 0 Å². The molecule has 0 saturated heterocycles. The van der Waals surface area contributed by atoms with E-state index in [9.17, 15) is 13.2 Å². The molecule has 0 unspecified atom stereocenters. The Hall–Kier alpha value is -1.21. The Morgan fingerprint density at radius 2 is 2.26 bits per heavy atom. The number of allylic oxidation sites excluding steroid dienone is 2. The molecule has 0 spiro atoms. The number of carbonyl (C=O) groups excluding carboxylic acids is 1. The zero-order valence-electron chi connectivity index (χ0n) is 11.0. The SMILES string of the molecule is C/C=C/CCCNC(=O)c1cnc(S(=O)(=O)CC)s1. The van der Waals surface area contributed by atoms with Gasteiger partial charge in [-0.2, -0.15) is 0 Å². The average molecular weight is 302 g/mol. The van der Waals surface area contributed by atoms with Crippen LogP contribution in [0.15, 0.2) is 22.7 Å². The van der Waals surface area contributed by atoms with E-state index in [0.29, 0.717) is 11.4 Å². The number of sulfone groups is 1. The van der Waals surface area contributed by atoms with E-state index in [1.807, 2.05) is 19.1 Å². The van der Waals surface area contributed by atoms with E-state index in [1.54, 1.807) is 6.92 Å². The summed E-state index contributed by atoms with van der Waals surface area (Å²) in [6, 6.07) is 0. The predicted molar refractivity (Wildman–Crippen MR) is 76.2 cm³/mol. The van der Waals surface area contributed by atoms with E-state index in [4.69, 9.17) is 0 Å². The van der Waals surface area contributed by atoms with Crippen LogP contribution in [0, 0.1) is 0 Å². The Morgan fingerprint density at radius 1 is 1.53 bits per heavy atom. The number of hydrogen-bond donors (Lipinski definition) is 1. The van der Waals surface area contributed by atoms with Gasteiger partial charge in [0.1, 0.15) is 4.88 Å². The van der Waals surface area contributed by atoms with Gasteiger partial charge >= 0.3 is 0 Å². The van der Waals surface area contributed by atoms with Gasteiger partial charge in [0, 0.05) is 6.54 Å². The molecule has 106 valence electrons. The van der Waals surface area contributed by atoms with Crippen LogP contribution < -0.4 is 5.32 Å². The summed E-state index contributed by atoms with van der Waals surface area (Å²) in [5.41, 5.74) is 0. The largest absolute Gasteiger partial charge is 0.351 e. The van der Waals surface area contributed by atoms with Crippen molar-refractivity contribution in [1.82, 2.24) is 10.3 Å². The first-order chi connectivity index (χ1) is 9.01. The molecule has 0 radical (unpaired) electrons. The Labute approximate surface area is 117 Å². The molecule has 7 heteroatoms. The number of amides is 1. The quantitative estimate of drug-likeness (QED) is 0.617. The number of rotatable bonds is 7. The van der Waals surface area contributed by atoms with E-state index >= 15 is 0 Å². The number of carbonyl (C=O) groups is 1. The lowest BCUT2D eigenvalue weighted by atomic mass is 10.3. The van der Waals surface area contributed by atoms with Crippen molar-refractivity contribution in [3.63, 3.8) is 0 Å². The predicted octanol–water partition coefficient (Wildman–Crippen LogP) is 2.02. The number of hydrogen-bond acceptors (Lipinski definition) is 5. The first kappa shape index (κ1) is 15.8. The van der Waals surface area contributed by atoms with Gasteiger partial charge in [0.2, 0.25) is 14.2 Å². The molecule has 0 saturated carbocycles. The highest BCUT2D eigenvalue weighted by Gasteiger charge is 2.18. The van der Waals surface area contributed by atoms with Crippen LogP contribution in [0.1, 0.15) is 36.4 Å². The number of nitrogens with one attached hydrogen (secondary N) is 1. The minimum absolute atomic E-state index is 0.00839. The molecule has 19 heavy (non-hydrogen) atoms. The molecule has 0 aliphatic carbocycles. The standard InChI is InChI=1S/C12H18N2O3S2/c1-3-5-6-7-8-13-11(15)10-9-14-12(18-10)19(16,17)4-2/h3,5,9H,4,6-8H2,1-2H3,(H,13,15)/b5-3+. The second kappa shape index (κ2) is 7.40. The molecule has 0 bridgehead atoms. The minimum Gasteiger partial charge on any atom is -0.351 e. The second-order valence-corrected chi connectivity index (χ2v) is 7.34. The maximum Gasteiger partial charge on any atom is 0.263 e. The molecule has 1 amide bonds. The van der Waals surface area contributed by atoms with Crippen molar-refractivity contribution >= 4 is 27.1 Å². The molecular weight excluding hydrogens is 284 g/mol. The van der Waals surface area contributed by atoms with Gasteiger partial charge in [0.25, 0.3) is 5.91 Å². The Kier molecular flexibility index (Phi) is 6.17. The Morgan fingerprint density at radius 3 is 2.89 bits per heavy atom. The molecule has 0 aliphatic heterocycles. The number of thiazole rings is 1. The monoisotopic (exact) mass is 302 g/mol. The van der Waals surface area contributed by atoms with Crippen LogP contribution in [-0.4, -0.2) is 31.6 Å². The molecule has 0 atom stereocenters. The first-order valence-electron chi connectivity index (χ1n) is 6.09. The smallest absolute Gasteiger partial charge is 0.263 e. The molecule has 1 aromatic heterocycles. The highest BCUT2D eigenvalue weighted by Crippen LogP contribution is 2.19. The zero-order chi connectivity index (χ0) is 14.3. The van der Waals surface area contributed by atoms with Crippen molar-refractivity contribution in [3.05, 3.63) is 23.2 Å². The third kappa shape index (κ3) is 4.76. The molecule has 5 nitrogen and oxygen atoms in total. The molecule has 0 aromatic carbocycles. The lowest BCUT2D eigenvalue weighted by Crippen LogP contribution is -2.23. The fourth-order valence-electron chi connectivity index (χ4n) is 1.31. The van der Waals surface area contributed by atoms with Crippen molar-refractivity contribution in [1.29, 1.82) is 0 Å². The Balaban J connectivity index is 2.55. The highest BCUT2D eigenvalue weighted by atomic mass is 32.2. The molecule has 1 rings (SSSR count). The van der Waals surface area contributed by atoms with E-state index in [2.05, 4.69) is 10.3 Å². The molecule has 1 heterocycles. The highest BCUT2D eigenvalue weighted by molar-refractivity contribution is 7.93. The van der Waals surface area contributed by atoms with Crippen molar-refractivity contribution in [2.75, 3.05) is 12.3 Å². The number of nitrogens with zero attached hydrogens (tertiary/aromatic N) is 1. The van der Waals surface area contributed by atoms with Gasteiger partial charge in [-0.25, -0.2) is 13.4 Å². The summed E-state index contributed by atoms with van der Waals surface area (Å²) in [7, 11) is -3.33. The molecule has 1 N–H and O–H groups in total. The van der Waals surface area contributed by atoms with Gasteiger partial charge in [-0.3, -0.25) is 4.79 Å².